The Hall–Kier alpha value is -2.99. The number of amides is 1. The molecule has 2 N–H and O–H groups in total. The van der Waals surface area contributed by atoms with Crippen molar-refractivity contribution < 1.29 is 4.79 Å². The van der Waals surface area contributed by atoms with E-state index in [0.29, 0.717) is 24.2 Å². The van der Waals surface area contributed by atoms with Crippen molar-refractivity contribution in [1.82, 2.24) is 20.2 Å². The molecule has 0 unspecified atom stereocenters. The minimum Gasteiger partial charge on any atom is -0.354 e. The lowest BCUT2D eigenvalue weighted by molar-refractivity contribution is -0.121. The molecule has 2 aromatic carbocycles. The molecule has 0 saturated carbocycles. The normalized spacial score (nSPS) is 12.3. The highest BCUT2D eigenvalue weighted by Crippen LogP contribution is 2.18. The number of hydrogen-bond donors (Lipinski definition) is 2. The van der Waals surface area contributed by atoms with Crippen LogP contribution < -0.4 is 10.9 Å². The number of nitrogens with zero attached hydrogens (tertiary/aromatic N) is 2. The zero-order valence-electron chi connectivity index (χ0n) is 17.2. The monoisotopic (exact) mass is 392 g/mol. The Morgan fingerprint density at radius 2 is 1.86 bits per heavy atom. The van der Waals surface area contributed by atoms with Gasteiger partial charge in [0.25, 0.3) is 5.56 Å². The molecule has 3 rings (SSSR count). The van der Waals surface area contributed by atoms with Crippen LogP contribution in [0.5, 0.6) is 0 Å². The summed E-state index contributed by atoms with van der Waals surface area (Å²) in [7, 11) is 4.01. The van der Waals surface area contributed by atoms with Gasteiger partial charge in [-0.05, 0) is 43.8 Å². The number of nitrogens with one attached hydrogen (secondary N) is 2. The van der Waals surface area contributed by atoms with Gasteiger partial charge in [0.2, 0.25) is 5.91 Å². The van der Waals surface area contributed by atoms with Crippen LogP contribution in [-0.4, -0.2) is 41.4 Å². The number of aromatic nitrogens is 2. The number of rotatable bonds is 8. The molecule has 0 aliphatic carbocycles. The van der Waals surface area contributed by atoms with Crippen LogP contribution in [0.2, 0.25) is 0 Å². The number of hydrogen-bond acceptors (Lipinski definition) is 4. The Balaban J connectivity index is 1.59. The number of aryl methyl sites for hydroxylation is 2. The molecular formula is C23H28N4O2. The Labute approximate surface area is 171 Å². The Bertz CT molecular complexity index is 1020. The molecule has 1 amide bonds. The van der Waals surface area contributed by atoms with E-state index in [1.165, 1.54) is 11.1 Å². The van der Waals surface area contributed by atoms with Crippen molar-refractivity contribution in [2.24, 2.45) is 0 Å². The van der Waals surface area contributed by atoms with Gasteiger partial charge < -0.3 is 15.2 Å². The van der Waals surface area contributed by atoms with Crippen molar-refractivity contribution >= 4 is 16.9 Å². The molecule has 6 nitrogen and oxygen atoms in total. The highest BCUT2D eigenvalue weighted by atomic mass is 16.1. The van der Waals surface area contributed by atoms with E-state index < -0.39 is 0 Å². The number of fused-ring (bicyclic) bond motifs is 1. The largest absolute Gasteiger partial charge is 0.354 e. The van der Waals surface area contributed by atoms with Crippen LogP contribution in [-0.2, 0) is 17.6 Å². The van der Waals surface area contributed by atoms with Crippen molar-refractivity contribution in [3.8, 4) is 0 Å². The quantitative estimate of drug-likeness (QED) is 0.618. The smallest absolute Gasteiger partial charge is 0.270 e. The number of carbonyl (C=O) groups excluding carboxylic acids is 1. The summed E-state index contributed by atoms with van der Waals surface area (Å²) >= 11 is 0. The third-order valence-corrected chi connectivity index (χ3v) is 5.15. The van der Waals surface area contributed by atoms with Crippen LogP contribution >= 0.6 is 0 Å². The molecular weight excluding hydrogens is 364 g/mol. The van der Waals surface area contributed by atoms with Gasteiger partial charge in [-0.25, -0.2) is 4.98 Å². The first kappa shape index (κ1) is 20.7. The van der Waals surface area contributed by atoms with E-state index in [1.54, 1.807) is 0 Å². The van der Waals surface area contributed by atoms with Crippen LogP contribution in [0.1, 0.15) is 36.2 Å². The fourth-order valence-corrected chi connectivity index (χ4v) is 3.34. The van der Waals surface area contributed by atoms with Gasteiger partial charge in [0.15, 0.2) is 0 Å². The number of para-hydroxylation sites is 2. The van der Waals surface area contributed by atoms with Crippen molar-refractivity contribution in [3.63, 3.8) is 0 Å². The van der Waals surface area contributed by atoms with Gasteiger partial charge in [0.1, 0.15) is 5.69 Å². The maximum Gasteiger partial charge on any atom is 0.270 e. The maximum absolute atomic E-state index is 12.4. The van der Waals surface area contributed by atoms with Gasteiger partial charge >= 0.3 is 0 Å². The summed E-state index contributed by atoms with van der Waals surface area (Å²) < 4.78 is 0. The van der Waals surface area contributed by atoms with Gasteiger partial charge in [-0.1, -0.05) is 43.3 Å². The van der Waals surface area contributed by atoms with Crippen LogP contribution in [0.4, 0.5) is 0 Å². The SMILES string of the molecule is CCc1ccc([C@@H](CNC(=O)CCc2nc3ccccc3[nH]c2=O)N(C)C)cc1. The lowest BCUT2D eigenvalue weighted by Gasteiger charge is -2.25. The summed E-state index contributed by atoms with van der Waals surface area (Å²) in [4.78, 5) is 33.9. The third-order valence-electron chi connectivity index (χ3n) is 5.15. The second-order valence-corrected chi connectivity index (χ2v) is 7.41. The number of benzene rings is 2. The van der Waals surface area contributed by atoms with E-state index in [1.807, 2.05) is 38.4 Å². The molecule has 0 aliphatic rings. The minimum absolute atomic E-state index is 0.0867. The van der Waals surface area contributed by atoms with Crippen molar-refractivity contribution in [2.75, 3.05) is 20.6 Å². The molecule has 0 fully saturated rings. The summed E-state index contributed by atoms with van der Waals surface area (Å²) in [6, 6.07) is 16.0. The topological polar surface area (TPSA) is 78.1 Å². The molecule has 0 radical (unpaired) electrons. The first-order chi connectivity index (χ1) is 14.0. The molecule has 152 valence electrons. The molecule has 1 aromatic heterocycles. The average Bonchev–Trinajstić information content (AvgIpc) is 2.72. The summed E-state index contributed by atoms with van der Waals surface area (Å²) in [6.45, 7) is 2.65. The van der Waals surface area contributed by atoms with Crippen molar-refractivity contribution in [3.05, 3.63) is 75.7 Å². The Morgan fingerprint density at radius 1 is 1.14 bits per heavy atom. The fraction of sp³-hybridized carbons (Fsp3) is 0.348. The van der Waals surface area contributed by atoms with Gasteiger partial charge in [-0.2, -0.15) is 0 Å². The first-order valence-corrected chi connectivity index (χ1v) is 9.98. The van der Waals surface area contributed by atoms with Gasteiger partial charge in [-0.15, -0.1) is 0 Å². The van der Waals surface area contributed by atoms with Gasteiger partial charge in [0, 0.05) is 19.4 Å². The lowest BCUT2D eigenvalue weighted by Crippen LogP contribution is -2.34. The van der Waals surface area contributed by atoms with Crippen LogP contribution in [0.3, 0.4) is 0 Å². The van der Waals surface area contributed by atoms with E-state index in [4.69, 9.17) is 0 Å². The predicted molar refractivity (Wildman–Crippen MR) is 116 cm³/mol. The second kappa shape index (κ2) is 9.47. The summed E-state index contributed by atoms with van der Waals surface area (Å²) in [5.74, 6) is -0.0867. The van der Waals surface area contributed by atoms with Gasteiger partial charge in [-0.3, -0.25) is 9.59 Å². The summed E-state index contributed by atoms with van der Waals surface area (Å²) in [5.41, 5.74) is 4.04. The van der Waals surface area contributed by atoms with E-state index in [9.17, 15) is 9.59 Å². The number of H-pyrrole nitrogens is 1. The number of likely N-dealkylation sites (N-methyl/N-ethyl adjacent to an activating group) is 1. The Kier molecular flexibility index (Phi) is 6.77. The van der Waals surface area contributed by atoms with E-state index in [0.717, 1.165) is 11.9 Å². The number of carbonyl (C=O) groups is 1. The molecule has 0 bridgehead atoms. The zero-order valence-corrected chi connectivity index (χ0v) is 17.2. The van der Waals surface area contributed by atoms with Crippen LogP contribution in [0, 0.1) is 0 Å². The molecule has 29 heavy (non-hydrogen) atoms. The van der Waals surface area contributed by atoms with Crippen LogP contribution in [0.15, 0.2) is 53.3 Å². The fourth-order valence-electron chi connectivity index (χ4n) is 3.34. The average molecular weight is 393 g/mol. The molecule has 3 aromatic rings. The lowest BCUT2D eigenvalue weighted by atomic mass is 10.0. The zero-order chi connectivity index (χ0) is 20.8. The van der Waals surface area contributed by atoms with Crippen LogP contribution in [0.25, 0.3) is 11.0 Å². The molecule has 6 heteroatoms. The molecule has 0 aliphatic heterocycles. The van der Waals surface area contributed by atoms with E-state index in [2.05, 4.69) is 51.4 Å². The molecule has 1 atom stereocenters. The van der Waals surface area contributed by atoms with Gasteiger partial charge in [0.05, 0.1) is 17.1 Å². The number of aromatic amines is 1. The summed E-state index contributed by atoms with van der Waals surface area (Å²) in [5, 5.41) is 3.00. The second-order valence-electron chi connectivity index (χ2n) is 7.41. The van der Waals surface area contributed by atoms with Crippen molar-refractivity contribution in [2.45, 2.75) is 32.2 Å². The van der Waals surface area contributed by atoms with Crippen molar-refractivity contribution in [1.29, 1.82) is 0 Å². The first-order valence-electron chi connectivity index (χ1n) is 9.98. The predicted octanol–water partition coefficient (Wildman–Crippen LogP) is 2.84. The highest BCUT2D eigenvalue weighted by Gasteiger charge is 2.16. The maximum atomic E-state index is 12.4. The molecule has 0 spiro atoms. The third kappa shape index (κ3) is 5.29. The van der Waals surface area contributed by atoms with E-state index >= 15 is 0 Å². The summed E-state index contributed by atoms with van der Waals surface area (Å²) in [6.07, 6.45) is 1.54. The molecule has 1 heterocycles. The minimum atomic E-state index is -0.237. The standard InChI is InChI=1S/C23H28N4O2/c1-4-16-9-11-17(12-10-16)21(27(2)3)15-24-22(28)14-13-20-23(29)26-19-8-6-5-7-18(19)25-20/h5-12,21H,4,13-15H2,1-3H3,(H,24,28)(H,26,29)/t21-/m1/s1. The highest BCUT2D eigenvalue weighted by molar-refractivity contribution is 5.76. The Morgan fingerprint density at radius 3 is 2.55 bits per heavy atom. The molecule has 0 saturated heterocycles. The van der Waals surface area contributed by atoms with E-state index in [-0.39, 0.29) is 23.9 Å².